The smallest absolute Gasteiger partial charge is 0.262 e. The van der Waals surface area contributed by atoms with Gasteiger partial charge in [-0.2, -0.15) is 0 Å². The fourth-order valence-corrected chi connectivity index (χ4v) is 3.02. The number of hydrogen-bond donors (Lipinski definition) is 1. The minimum atomic E-state index is -0.0316. The molecular weight excluding hydrogens is 276 g/mol. The van der Waals surface area contributed by atoms with Crippen molar-refractivity contribution in [3.63, 3.8) is 0 Å². The molecule has 0 atom stereocenters. The van der Waals surface area contributed by atoms with E-state index in [1.54, 1.807) is 15.9 Å². The minimum Gasteiger partial charge on any atom is -0.332 e. The lowest BCUT2D eigenvalue weighted by atomic mass is 10.2. The van der Waals surface area contributed by atoms with Crippen molar-refractivity contribution < 1.29 is 0 Å². The summed E-state index contributed by atoms with van der Waals surface area (Å²) in [5.74, 6) is 0. The van der Waals surface area contributed by atoms with Crippen LogP contribution in [-0.4, -0.2) is 9.55 Å². The third-order valence-corrected chi connectivity index (χ3v) is 4.22. The number of nitrogens with zero attached hydrogens (tertiary/aromatic N) is 1. The molecule has 0 saturated heterocycles. The Balaban J connectivity index is 2.25. The summed E-state index contributed by atoms with van der Waals surface area (Å²) in [5, 5.41) is 2.68. The molecule has 1 N–H and O–H groups in total. The molecule has 96 valence electrons. The van der Waals surface area contributed by atoms with Crippen LogP contribution in [0.4, 0.5) is 0 Å². The second-order valence-corrected chi connectivity index (χ2v) is 5.87. The van der Waals surface area contributed by atoms with Crippen molar-refractivity contribution in [1.82, 2.24) is 9.55 Å². The highest BCUT2D eigenvalue weighted by Gasteiger charge is 2.06. The predicted molar refractivity (Wildman–Crippen MR) is 81.6 cm³/mol. The Labute approximate surface area is 119 Å². The molecule has 3 aromatic rings. The van der Waals surface area contributed by atoms with Gasteiger partial charge in [0.05, 0.1) is 17.4 Å². The number of aryl methyl sites for hydroxylation is 1. The van der Waals surface area contributed by atoms with E-state index in [1.165, 1.54) is 0 Å². The monoisotopic (exact) mass is 288 g/mol. The van der Waals surface area contributed by atoms with Crippen molar-refractivity contribution in [2.24, 2.45) is 0 Å². The normalized spacial score (nSPS) is 11.0. The molecule has 0 fully saturated rings. The standard InChI is InChI=1S/C14H12N2OS2/c1-9-4-5-12-11(7-9)13(17)16(14(18)15-12)8-10-3-2-6-19-10/h2-7H,8H2,1H3,(H,15,18). The van der Waals surface area contributed by atoms with Gasteiger partial charge in [0.2, 0.25) is 0 Å². The largest absolute Gasteiger partial charge is 0.332 e. The van der Waals surface area contributed by atoms with Crippen LogP contribution in [0.5, 0.6) is 0 Å². The fourth-order valence-electron chi connectivity index (χ4n) is 2.07. The van der Waals surface area contributed by atoms with E-state index in [9.17, 15) is 4.79 Å². The minimum absolute atomic E-state index is 0.0316. The summed E-state index contributed by atoms with van der Waals surface area (Å²) in [6, 6.07) is 9.75. The second-order valence-electron chi connectivity index (χ2n) is 4.45. The van der Waals surface area contributed by atoms with Crippen LogP contribution in [0.3, 0.4) is 0 Å². The molecule has 0 aliphatic carbocycles. The number of aromatic amines is 1. The van der Waals surface area contributed by atoms with Crippen molar-refractivity contribution in [3.8, 4) is 0 Å². The van der Waals surface area contributed by atoms with Crippen molar-refractivity contribution in [3.05, 3.63) is 61.3 Å². The maximum absolute atomic E-state index is 12.5. The maximum atomic E-state index is 12.5. The third kappa shape index (κ3) is 2.27. The molecule has 0 amide bonds. The van der Waals surface area contributed by atoms with Gasteiger partial charge in [0.1, 0.15) is 0 Å². The molecule has 1 aromatic carbocycles. The van der Waals surface area contributed by atoms with E-state index >= 15 is 0 Å². The Morgan fingerprint density at radius 3 is 2.95 bits per heavy atom. The highest BCUT2D eigenvalue weighted by atomic mass is 32.1. The lowest BCUT2D eigenvalue weighted by molar-refractivity contribution is 0.743. The van der Waals surface area contributed by atoms with E-state index in [-0.39, 0.29) is 5.56 Å². The molecule has 0 aliphatic rings. The number of thiophene rings is 1. The number of hydrogen-bond acceptors (Lipinski definition) is 3. The van der Waals surface area contributed by atoms with Crippen molar-refractivity contribution in [2.75, 3.05) is 0 Å². The molecule has 0 radical (unpaired) electrons. The zero-order valence-electron chi connectivity index (χ0n) is 10.3. The van der Waals surface area contributed by atoms with E-state index in [0.717, 1.165) is 16.0 Å². The second kappa shape index (κ2) is 4.75. The molecule has 3 rings (SSSR count). The van der Waals surface area contributed by atoms with Gasteiger partial charge < -0.3 is 4.98 Å². The van der Waals surface area contributed by atoms with Gasteiger partial charge in [-0.1, -0.05) is 17.7 Å². The zero-order chi connectivity index (χ0) is 13.4. The Bertz CT molecular complexity index is 844. The molecule has 5 heteroatoms. The van der Waals surface area contributed by atoms with Crippen molar-refractivity contribution in [2.45, 2.75) is 13.5 Å². The Morgan fingerprint density at radius 2 is 2.21 bits per heavy atom. The van der Waals surface area contributed by atoms with Crippen LogP contribution in [0, 0.1) is 11.7 Å². The summed E-state index contributed by atoms with van der Waals surface area (Å²) < 4.78 is 2.08. The molecule has 3 nitrogen and oxygen atoms in total. The summed E-state index contributed by atoms with van der Waals surface area (Å²) in [5.41, 5.74) is 1.83. The molecule has 0 aliphatic heterocycles. The van der Waals surface area contributed by atoms with Gasteiger partial charge in [-0.3, -0.25) is 9.36 Å². The van der Waals surface area contributed by atoms with Gasteiger partial charge in [-0.15, -0.1) is 11.3 Å². The molecule has 0 spiro atoms. The average Bonchev–Trinajstić information content (AvgIpc) is 2.89. The maximum Gasteiger partial charge on any atom is 0.262 e. The van der Waals surface area contributed by atoms with E-state index in [4.69, 9.17) is 12.2 Å². The first-order valence-corrected chi connectivity index (χ1v) is 7.20. The average molecular weight is 288 g/mol. The van der Waals surface area contributed by atoms with Crippen LogP contribution >= 0.6 is 23.6 Å². The number of fused-ring (bicyclic) bond motifs is 1. The number of nitrogens with one attached hydrogen (secondary N) is 1. The summed E-state index contributed by atoms with van der Waals surface area (Å²) in [7, 11) is 0. The van der Waals surface area contributed by atoms with E-state index in [0.29, 0.717) is 16.7 Å². The molecule has 0 bridgehead atoms. The van der Waals surface area contributed by atoms with Crippen LogP contribution in [-0.2, 0) is 6.54 Å². The fraction of sp³-hybridized carbons (Fsp3) is 0.143. The predicted octanol–water partition coefficient (Wildman–Crippen LogP) is 3.48. The van der Waals surface area contributed by atoms with Gasteiger partial charge in [0.15, 0.2) is 4.77 Å². The van der Waals surface area contributed by atoms with Gasteiger partial charge in [0.25, 0.3) is 5.56 Å². The SMILES string of the molecule is Cc1ccc2[nH]c(=S)n(Cc3cccs3)c(=O)c2c1. The van der Waals surface area contributed by atoms with Crippen molar-refractivity contribution >= 4 is 34.5 Å². The van der Waals surface area contributed by atoms with Crippen LogP contribution in [0.15, 0.2) is 40.5 Å². The van der Waals surface area contributed by atoms with Crippen LogP contribution in [0.2, 0.25) is 0 Å². The number of H-pyrrole nitrogens is 1. The Morgan fingerprint density at radius 1 is 1.37 bits per heavy atom. The first kappa shape index (κ1) is 12.3. The molecule has 0 unspecified atom stereocenters. The Kier molecular flexibility index (Phi) is 3.08. The molecular formula is C14H12N2OS2. The van der Waals surface area contributed by atoms with E-state index in [2.05, 4.69) is 4.98 Å². The molecule has 19 heavy (non-hydrogen) atoms. The van der Waals surface area contributed by atoms with Crippen molar-refractivity contribution in [1.29, 1.82) is 0 Å². The number of benzene rings is 1. The molecule has 0 saturated carbocycles. The lowest BCUT2D eigenvalue weighted by Gasteiger charge is -2.07. The van der Waals surface area contributed by atoms with Gasteiger partial charge >= 0.3 is 0 Å². The highest BCUT2D eigenvalue weighted by Crippen LogP contribution is 2.13. The van der Waals surface area contributed by atoms with Crippen LogP contribution in [0.1, 0.15) is 10.4 Å². The van der Waals surface area contributed by atoms with Crippen LogP contribution in [0.25, 0.3) is 10.9 Å². The third-order valence-electron chi connectivity index (χ3n) is 3.03. The first-order chi connectivity index (χ1) is 9.15. The first-order valence-electron chi connectivity index (χ1n) is 5.91. The van der Waals surface area contributed by atoms with Gasteiger partial charge in [0, 0.05) is 4.88 Å². The zero-order valence-corrected chi connectivity index (χ0v) is 12.0. The van der Waals surface area contributed by atoms with Crippen LogP contribution < -0.4 is 5.56 Å². The number of rotatable bonds is 2. The van der Waals surface area contributed by atoms with Gasteiger partial charge in [-0.25, -0.2) is 0 Å². The Hall–Kier alpha value is -1.72. The van der Waals surface area contributed by atoms with E-state index in [1.807, 2.05) is 42.6 Å². The molecule has 2 aromatic heterocycles. The molecule has 2 heterocycles. The summed E-state index contributed by atoms with van der Waals surface area (Å²) in [6.45, 7) is 2.50. The topological polar surface area (TPSA) is 37.8 Å². The van der Waals surface area contributed by atoms with Gasteiger partial charge in [-0.05, 0) is 42.7 Å². The number of aromatic nitrogens is 2. The summed E-state index contributed by atoms with van der Waals surface area (Å²) >= 11 is 6.91. The lowest BCUT2D eigenvalue weighted by Crippen LogP contribution is -2.22. The summed E-state index contributed by atoms with van der Waals surface area (Å²) in [4.78, 5) is 16.7. The summed E-state index contributed by atoms with van der Waals surface area (Å²) in [6.07, 6.45) is 0. The highest BCUT2D eigenvalue weighted by molar-refractivity contribution is 7.71. The quantitative estimate of drug-likeness (QED) is 0.733. The van der Waals surface area contributed by atoms with E-state index < -0.39 is 0 Å².